The van der Waals surface area contributed by atoms with Gasteiger partial charge >= 0.3 is 0 Å². The molecule has 1 N–H and O–H groups in total. The summed E-state index contributed by atoms with van der Waals surface area (Å²) in [6.45, 7) is 9.65. The van der Waals surface area contributed by atoms with Crippen LogP contribution in [0, 0.1) is 25.2 Å². The van der Waals surface area contributed by atoms with Crippen molar-refractivity contribution >= 4 is 72.3 Å². The van der Waals surface area contributed by atoms with Crippen LogP contribution in [0.15, 0.2) is 93.5 Å². The van der Waals surface area contributed by atoms with Gasteiger partial charge in [-0.3, -0.25) is 25.1 Å². The van der Waals surface area contributed by atoms with Crippen LogP contribution in [0.5, 0.6) is 0 Å². The molecule has 27 heteroatoms. The van der Waals surface area contributed by atoms with Gasteiger partial charge in [0.15, 0.2) is 6.61 Å². The number of alkyl halides is 1. The Bertz CT molecular complexity index is 2800. The first-order valence-electron chi connectivity index (χ1n) is 26.4. The third-order valence-corrected chi connectivity index (χ3v) is 16.7. The topological polar surface area (TPSA) is 304 Å². The van der Waals surface area contributed by atoms with Gasteiger partial charge in [0.25, 0.3) is 60.7 Å². The molecule has 0 radical (unpaired) electrons. The van der Waals surface area contributed by atoms with Gasteiger partial charge in [-0.1, -0.05) is 157 Å². The third-order valence-electron chi connectivity index (χ3n) is 10.6. The lowest BCUT2D eigenvalue weighted by Gasteiger charge is -2.26. The summed E-state index contributed by atoms with van der Waals surface area (Å²) in [7, 11) is -20.7. The maximum absolute atomic E-state index is 12.0. The lowest BCUT2D eigenvalue weighted by atomic mass is 9.95. The summed E-state index contributed by atoms with van der Waals surface area (Å²) >= 11 is 5.12. The van der Waals surface area contributed by atoms with Crippen LogP contribution < -0.4 is 0 Å². The molecule has 0 aliphatic heterocycles. The highest BCUT2D eigenvalue weighted by Crippen LogP contribution is 2.25. The Kier molecular flexibility index (Phi) is 43.8. The van der Waals surface area contributed by atoms with E-state index in [2.05, 4.69) is 23.7 Å². The summed E-state index contributed by atoms with van der Waals surface area (Å²) in [5.41, 5.74) is 2.02. The molecule has 20 nitrogen and oxygen atoms in total. The molecule has 2 atom stereocenters. The smallest absolute Gasteiger partial charge is 0.297 e. The molecule has 0 spiro atoms. The van der Waals surface area contributed by atoms with Crippen LogP contribution in [0.3, 0.4) is 0 Å². The Labute approximate surface area is 486 Å². The van der Waals surface area contributed by atoms with Crippen LogP contribution in [0.4, 0.5) is 0 Å². The van der Waals surface area contributed by atoms with Crippen LogP contribution in [0.25, 0.3) is 0 Å². The zero-order valence-corrected chi connectivity index (χ0v) is 53.4. The molecule has 0 aromatic heterocycles. The minimum atomic E-state index is -3.77. The van der Waals surface area contributed by atoms with Gasteiger partial charge in [-0.25, -0.2) is 0 Å². The number of unbranched alkanes of at least 4 members (excludes halogenated alkanes) is 13. The van der Waals surface area contributed by atoms with Crippen LogP contribution in [-0.4, -0.2) is 126 Å². The van der Waals surface area contributed by atoms with Crippen molar-refractivity contribution in [3.8, 4) is 6.07 Å². The second kappa shape index (κ2) is 44.4. The van der Waals surface area contributed by atoms with Crippen molar-refractivity contribution in [3.05, 3.63) is 90.0 Å². The van der Waals surface area contributed by atoms with Crippen molar-refractivity contribution in [2.45, 2.75) is 177 Å². The summed E-state index contributed by atoms with van der Waals surface area (Å²) in [5, 5.41) is 17.9. The molecule has 1 aliphatic rings. The average molecular weight is 1270 g/mol. The molecule has 1 saturated carbocycles. The number of hydrogen-bond acceptors (Lipinski definition) is 20. The molecular weight excluding hydrogens is 1180 g/mol. The molecule has 1 aliphatic carbocycles. The van der Waals surface area contributed by atoms with Crippen molar-refractivity contribution in [2.24, 2.45) is 0 Å². The number of hydrogen-bond donors (Lipinski definition) is 1. The van der Waals surface area contributed by atoms with E-state index in [9.17, 15) is 55.6 Å². The van der Waals surface area contributed by atoms with Gasteiger partial charge in [0.1, 0.15) is 6.10 Å². The number of halogens is 1. The van der Waals surface area contributed by atoms with Gasteiger partial charge < -0.3 is 5.11 Å². The first-order valence-corrected chi connectivity index (χ1v) is 36.7. The number of nitrogens with zero attached hydrogens (tertiary/aromatic N) is 1. The van der Waals surface area contributed by atoms with Crippen molar-refractivity contribution in [1.82, 2.24) is 0 Å². The molecule has 1 fully saturated rings. The molecule has 3 aromatic carbocycles. The summed E-state index contributed by atoms with van der Waals surface area (Å²) in [5.74, 6) is 0.201. The second-order valence-corrected chi connectivity index (χ2v) is 28.2. The Morgan fingerprint density at radius 1 is 0.487 bits per heavy atom. The zero-order chi connectivity index (χ0) is 61.2. The van der Waals surface area contributed by atoms with Gasteiger partial charge in [0.05, 0.1) is 72.1 Å². The van der Waals surface area contributed by atoms with Gasteiger partial charge in [-0.2, -0.15) is 55.8 Å². The molecule has 0 unspecified atom stereocenters. The number of aryl methyl sites for hydroxylation is 2. The van der Waals surface area contributed by atoms with Crippen LogP contribution in [0.1, 0.15) is 147 Å². The minimum absolute atomic E-state index is 0.0559. The van der Waals surface area contributed by atoms with Gasteiger partial charge in [0.2, 0.25) is 0 Å². The monoisotopic (exact) mass is 1270 g/mol. The van der Waals surface area contributed by atoms with Crippen LogP contribution in [-0.2, 0) is 85.8 Å². The second-order valence-electron chi connectivity index (χ2n) is 18.1. The fraction of sp³-hybridized carbons (Fsp3) is 0.642. The van der Waals surface area contributed by atoms with E-state index in [0.29, 0.717) is 19.4 Å². The van der Waals surface area contributed by atoms with Crippen molar-refractivity contribution in [3.63, 3.8) is 0 Å². The fourth-order valence-corrected chi connectivity index (χ4v) is 11.0. The summed E-state index contributed by atoms with van der Waals surface area (Å²) in [6, 6.07) is 22.4. The minimum Gasteiger partial charge on any atom is -0.390 e. The molecule has 0 saturated heterocycles. The van der Waals surface area contributed by atoms with Crippen molar-refractivity contribution < 1.29 is 80.7 Å². The third kappa shape index (κ3) is 45.4. The average Bonchev–Trinajstić information content (AvgIpc) is 3.37. The van der Waals surface area contributed by atoms with E-state index in [1.165, 1.54) is 101 Å². The molecule has 0 heterocycles. The lowest BCUT2D eigenvalue weighted by molar-refractivity contribution is 0.0105. The largest absolute Gasteiger partial charge is 0.390 e. The van der Waals surface area contributed by atoms with Gasteiger partial charge in [-0.15, -0.1) is 11.6 Å². The SMILES string of the molecule is CCCCCCCCCCCCCCCCOS(C)(=O)=O.CCOS(=O)(=O)c1ccc(C)cc1.CCOS(C)(=O)=O.CS(=O)(=O)OCCCl.Cc1ccc(S(=O)(=O)O[C@@H]2CCCC[C@H]2O)cc1.N#CCOS(=O)(=O)c1ccccc1. The first-order chi connectivity index (χ1) is 37.4. The van der Waals surface area contributed by atoms with E-state index >= 15 is 0 Å². The quantitative estimate of drug-likeness (QED) is 0.0368. The maximum Gasteiger partial charge on any atom is 0.297 e. The van der Waals surface area contributed by atoms with E-state index in [4.69, 9.17) is 25.2 Å². The molecule has 462 valence electrons. The van der Waals surface area contributed by atoms with E-state index in [-0.39, 0.29) is 40.4 Å². The van der Waals surface area contributed by atoms with Crippen molar-refractivity contribution in [1.29, 1.82) is 5.26 Å². The number of aliphatic hydroxyl groups excluding tert-OH is 1. The highest BCUT2D eigenvalue weighted by molar-refractivity contribution is 7.87. The number of nitriles is 1. The number of rotatable bonds is 30. The fourth-order valence-electron chi connectivity index (χ4n) is 6.70. The molecule has 80 heavy (non-hydrogen) atoms. The Hall–Kier alpha value is -3.14. The summed E-state index contributed by atoms with van der Waals surface area (Å²) in [4.78, 5) is 0.413. The van der Waals surface area contributed by atoms with E-state index in [1.807, 2.05) is 13.8 Å². The van der Waals surface area contributed by atoms with Gasteiger partial charge in [-0.05, 0) is 83.4 Å². The molecule has 0 amide bonds. The summed E-state index contributed by atoms with van der Waals surface area (Å²) < 4.78 is 158. The standard InChI is InChI=1S/C17H36O3S.C13H18O4S.C9H12O3S.C8H7NO3S.C3H7ClO3S.C3H8O3S/c1-3-4-5-6-7-8-9-10-11-12-13-14-15-16-17-20-21(2,18)19;1-10-6-8-11(9-7-10)18(15,16)17-13-5-3-2-4-12(13)14;1-3-12-13(10,11)9-6-4-8(2)5-7-9;9-6-7-12-13(10,11)8-4-2-1-3-5-8;1-8(5,6)7-3-2-4;1-3-6-7(2,4)5/h3-17H2,1-2H3;6-9,12-14H,2-5H2,1H3;4-7H,3H2,1-2H3;1-5H,7H2;2-3H2,1H3;3H2,1-2H3/t;12-,13-;;;;/m.1..../s1. The van der Waals surface area contributed by atoms with E-state index in [0.717, 1.165) is 55.6 Å². The normalized spacial score (nSPS) is 14.6. The predicted molar refractivity (Wildman–Crippen MR) is 312 cm³/mol. The highest BCUT2D eigenvalue weighted by atomic mass is 35.5. The first kappa shape index (κ1) is 78.9. The molecule has 0 bridgehead atoms. The Morgan fingerprint density at radius 2 is 0.863 bits per heavy atom. The predicted octanol–water partition coefficient (Wildman–Crippen LogP) is 10.3. The van der Waals surface area contributed by atoms with Crippen LogP contribution >= 0.6 is 11.6 Å². The van der Waals surface area contributed by atoms with Crippen molar-refractivity contribution in [2.75, 3.05) is 57.7 Å². The molecule has 4 rings (SSSR count). The number of benzene rings is 3. The highest BCUT2D eigenvalue weighted by Gasteiger charge is 2.29. The van der Waals surface area contributed by atoms with E-state index in [1.54, 1.807) is 74.5 Å². The zero-order valence-electron chi connectivity index (χ0n) is 47.7. The lowest BCUT2D eigenvalue weighted by Crippen LogP contribution is -2.34. The Balaban J connectivity index is 0. The summed E-state index contributed by atoms with van der Waals surface area (Å²) in [6.07, 6.45) is 23.1. The Morgan fingerprint density at radius 3 is 1.23 bits per heavy atom. The van der Waals surface area contributed by atoms with Crippen LogP contribution in [0.2, 0.25) is 0 Å². The maximum atomic E-state index is 12.0. The van der Waals surface area contributed by atoms with E-state index < -0.39 is 79.5 Å². The molecular formula is C53H88ClNO19S6. The number of aliphatic hydroxyl groups is 1. The van der Waals surface area contributed by atoms with Gasteiger partial charge in [0, 0.05) is 5.88 Å². The molecule has 3 aromatic rings.